The molecule has 1 aromatic carbocycles. The van der Waals surface area contributed by atoms with Gasteiger partial charge in [0.25, 0.3) is 0 Å². The van der Waals surface area contributed by atoms with Gasteiger partial charge >= 0.3 is 6.18 Å². The van der Waals surface area contributed by atoms with E-state index in [1.165, 1.54) is 6.07 Å². The number of hydrogen-bond acceptors (Lipinski definition) is 3. The molecule has 0 atom stereocenters. The summed E-state index contributed by atoms with van der Waals surface area (Å²) in [6, 6.07) is 3.08. The van der Waals surface area contributed by atoms with E-state index < -0.39 is 34.7 Å². The number of rotatable bonds is 6. The Bertz CT molecular complexity index is 673. The van der Waals surface area contributed by atoms with Gasteiger partial charge in [-0.2, -0.15) is 13.2 Å². The van der Waals surface area contributed by atoms with Crippen molar-refractivity contribution in [3.8, 4) is 0 Å². The quantitative estimate of drug-likeness (QED) is 0.749. The van der Waals surface area contributed by atoms with Crippen LogP contribution in [0.3, 0.4) is 0 Å². The summed E-state index contributed by atoms with van der Waals surface area (Å²) in [4.78, 5) is 26.5. The lowest BCUT2D eigenvalue weighted by Gasteiger charge is -2.19. The number of likely N-dealkylation sites (N-methyl/N-ethyl adjacent to an activating group) is 1. The summed E-state index contributed by atoms with van der Waals surface area (Å²) in [5, 5.41) is 4.80. The molecule has 138 valence electrons. The van der Waals surface area contributed by atoms with Gasteiger partial charge in [0.05, 0.1) is 11.3 Å². The minimum absolute atomic E-state index is 0.0899. The fraction of sp³-hybridized carbons (Fsp3) is 0.500. The number of carbonyl (C=O) groups is 2. The zero-order valence-corrected chi connectivity index (χ0v) is 14.6. The predicted molar refractivity (Wildman–Crippen MR) is 88.3 cm³/mol. The van der Waals surface area contributed by atoms with Crippen molar-refractivity contribution in [2.45, 2.75) is 19.0 Å². The smallest absolute Gasteiger partial charge is 0.354 e. The number of nitrogens with one attached hydrogen (secondary N) is 2. The van der Waals surface area contributed by atoms with Gasteiger partial charge in [0, 0.05) is 18.1 Å². The minimum Gasteiger partial charge on any atom is -0.354 e. The molecular weight excluding hydrogens is 359 g/mol. The van der Waals surface area contributed by atoms with Crippen LogP contribution in [0, 0.1) is 5.41 Å². The molecule has 1 aliphatic rings. The molecule has 0 radical (unpaired) electrons. The molecule has 2 N–H and O–H groups in total. The summed E-state index contributed by atoms with van der Waals surface area (Å²) >= 11 is 5.61. The van der Waals surface area contributed by atoms with Crippen LogP contribution in [0.1, 0.15) is 18.4 Å². The maximum atomic E-state index is 13.1. The van der Waals surface area contributed by atoms with Crippen LogP contribution in [0.2, 0.25) is 5.02 Å². The number of amides is 2. The van der Waals surface area contributed by atoms with Crippen LogP contribution in [0.25, 0.3) is 0 Å². The lowest BCUT2D eigenvalue weighted by molar-refractivity contribution is -0.137. The molecule has 5 nitrogen and oxygen atoms in total. The van der Waals surface area contributed by atoms with E-state index in [2.05, 4.69) is 10.6 Å². The molecule has 2 amide bonds. The first-order chi connectivity index (χ1) is 11.6. The number of alkyl halides is 3. The van der Waals surface area contributed by atoms with Crippen LogP contribution in [0.15, 0.2) is 18.2 Å². The summed E-state index contributed by atoms with van der Waals surface area (Å²) in [5.41, 5.74) is -2.75. The Morgan fingerprint density at radius 1 is 1.24 bits per heavy atom. The number of hydrogen-bond donors (Lipinski definition) is 2. The summed E-state index contributed by atoms with van der Waals surface area (Å²) < 4.78 is 39.3. The first-order valence-corrected chi connectivity index (χ1v) is 8.05. The molecule has 0 heterocycles. The van der Waals surface area contributed by atoms with Crippen molar-refractivity contribution in [1.29, 1.82) is 0 Å². The predicted octanol–water partition coefficient (Wildman–Crippen LogP) is 2.76. The van der Waals surface area contributed by atoms with Crippen molar-refractivity contribution in [2.75, 3.05) is 32.5 Å². The fourth-order valence-corrected chi connectivity index (χ4v) is 2.52. The molecule has 0 bridgehead atoms. The second-order valence-electron chi connectivity index (χ2n) is 6.28. The number of halogens is 4. The summed E-state index contributed by atoms with van der Waals surface area (Å²) in [6.45, 7) is 0.953. The van der Waals surface area contributed by atoms with Gasteiger partial charge in [-0.3, -0.25) is 9.59 Å². The van der Waals surface area contributed by atoms with Crippen molar-refractivity contribution in [3.63, 3.8) is 0 Å². The Kier molecular flexibility index (Phi) is 5.63. The standard InChI is InChI=1S/C16H19ClF3N3O2/c1-23(2)8-7-21-13(24)15(5-6-15)14(25)22-12-4-3-10(17)9-11(12)16(18,19)20/h3-4,9H,5-8H2,1-2H3,(H,21,24)(H,22,25). The third-order valence-corrected chi connectivity index (χ3v) is 4.23. The Hall–Kier alpha value is -1.80. The zero-order chi connectivity index (χ0) is 18.8. The number of nitrogens with zero attached hydrogens (tertiary/aromatic N) is 1. The van der Waals surface area contributed by atoms with Gasteiger partial charge in [0.2, 0.25) is 11.8 Å². The van der Waals surface area contributed by atoms with Gasteiger partial charge in [-0.15, -0.1) is 0 Å². The summed E-state index contributed by atoms with van der Waals surface area (Å²) in [5.74, 6) is -1.20. The van der Waals surface area contributed by atoms with Gasteiger partial charge in [-0.05, 0) is 45.1 Å². The highest BCUT2D eigenvalue weighted by atomic mass is 35.5. The topological polar surface area (TPSA) is 61.4 Å². The van der Waals surface area contributed by atoms with E-state index in [1.54, 1.807) is 0 Å². The Labute approximate surface area is 148 Å². The molecule has 1 saturated carbocycles. The third-order valence-electron chi connectivity index (χ3n) is 4.00. The van der Waals surface area contributed by atoms with Gasteiger partial charge in [0.1, 0.15) is 5.41 Å². The Morgan fingerprint density at radius 2 is 1.88 bits per heavy atom. The monoisotopic (exact) mass is 377 g/mol. The molecule has 0 aliphatic heterocycles. The van der Waals surface area contributed by atoms with Crippen LogP contribution in [0.5, 0.6) is 0 Å². The van der Waals surface area contributed by atoms with Gasteiger partial charge in [0.15, 0.2) is 0 Å². The summed E-state index contributed by atoms with van der Waals surface area (Å²) in [6.07, 6.45) is -4.05. The van der Waals surface area contributed by atoms with Crippen molar-refractivity contribution >= 4 is 29.1 Å². The zero-order valence-electron chi connectivity index (χ0n) is 13.8. The molecule has 2 rings (SSSR count). The van der Waals surface area contributed by atoms with E-state index in [1.807, 2.05) is 19.0 Å². The maximum Gasteiger partial charge on any atom is 0.418 e. The SMILES string of the molecule is CN(C)CCNC(=O)C1(C(=O)Nc2ccc(Cl)cc2C(F)(F)F)CC1. The fourth-order valence-electron chi connectivity index (χ4n) is 2.35. The highest BCUT2D eigenvalue weighted by Gasteiger charge is 2.56. The van der Waals surface area contributed by atoms with Gasteiger partial charge in [-0.25, -0.2) is 0 Å². The second-order valence-corrected chi connectivity index (χ2v) is 6.72. The first kappa shape index (κ1) is 19.5. The Morgan fingerprint density at radius 3 is 2.40 bits per heavy atom. The van der Waals surface area contributed by atoms with Crippen LogP contribution in [0.4, 0.5) is 18.9 Å². The van der Waals surface area contributed by atoms with Crippen molar-refractivity contribution in [1.82, 2.24) is 10.2 Å². The van der Waals surface area contributed by atoms with Crippen LogP contribution < -0.4 is 10.6 Å². The first-order valence-electron chi connectivity index (χ1n) is 7.67. The van der Waals surface area contributed by atoms with Crippen molar-refractivity contribution in [2.24, 2.45) is 5.41 Å². The van der Waals surface area contributed by atoms with E-state index in [4.69, 9.17) is 11.6 Å². The third kappa shape index (κ3) is 4.64. The number of anilines is 1. The number of carbonyl (C=O) groups excluding carboxylic acids is 2. The molecule has 1 aliphatic carbocycles. The Balaban J connectivity index is 2.11. The highest BCUT2D eigenvalue weighted by molar-refractivity contribution is 6.30. The minimum atomic E-state index is -4.67. The molecular formula is C16H19ClF3N3O2. The van der Waals surface area contributed by atoms with E-state index in [0.717, 1.165) is 12.1 Å². The molecule has 0 spiro atoms. The average molecular weight is 378 g/mol. The van der Waals surface area contributed by atoms with Crippen molar-refractivity contribution in [3.05, 3.63) is 28.8 Å². The lowest BCUT2D eigenvalue weighted by Crippen LogP contribution is -2.42. The lowest BCUT2D eigenvalue weighted by atomic mass is 10.0. The van der Waals surface area contributed by atoms with E-state index in [-0.39, 0.29) is 5.02 Å². The van der Waals surface area contributed by atoms with Crippen LogP contribution >= 0.6 is 11.6 Å². The van der Waals surface area contributed by atoms with E-state index >= 15 is 0 Å². The molecule has 1 aromatic rings. The average Bonchev–Trinajstić information content (AvgIpc) is 3.29. The second kappa shape index (κ2) is 7.21. The molecule has 0 saturated heterocycles. The maximum absolute atomic E-state index is 13.1. The molecule has 0 unspecified atom stereocenters. The normalized spacial score (nSPS) is 15.8. The molecule has 25 heavy (non-hydrogen) atoms. The van der Waals surface area contributed by atoms with Crippen LogP contribution in [-0.4, -0.2) is 43.9 Å². The van der Waals surface area contributed by atoms with Crippen LogP contribution in [-0.2, 0) is 15.8 Å². The van der Waals surface area contributed by atoms with E-state index in [9.17, 15) is 22.8 Å². The molecule has 0 aromatic heterocycles. The number of benzene rings is 1. The van der Waals surface area contributed by atoms with Gasteiger partial charge < -0.3 is 15.5 Å². The molecule has 1 fully saturated rings. The molecule has 9 heteroatoms. The van der Waals surface area contributed by atoms with Crippen molar-refractivity contribution < 1.29 is 22.8 Å². The highest BCUT2D eigenvalue weighted by Crippen LogP contribution is 2.47. The largest absolute Gasteiger partial charge is 0.418 e. The van der Waals surface area contributed by atoms with Gasteiger partial charge in [-0.1, -0.05) is 11.6 Å². The van der Waals surface area contributed by atoms with E-state index in [0.29, 0.717) is 25.9 Å². The summed E-state index contributed by atoms with van der Waals surface area (Å²) in [7, 11) is 3.68.